The molecular weight excluding hydrogens is 318 g/mol. The highest BCUT2D eigenvalue weighted by molar-refractivity contribution is 5.80. The first-order chi connectivity index (χ1) is 12.0. The van der Waals surface area contributed by atoms with E-state index in [0.29, 0.717) is 19.1 Å². The highest BCUT2D eigenvalue weighted by Gasteiger charge is 2.17. The molecule has 2 heterocycles. The molecule has 0 spiro atoms. The summed E-state index contributed by atoms with van der Waals surface area (Å²) in [6, 6.07) is 0.483. The van der Waals surface area contributed by atoms with E-state index >= 15 is 0 Å². The minimum Gasteiger partial charge on any atom is -0.361 e. The molecule has 0 atom stereocenters. The molecular formula is C17H27N7O. The van der Waals surface area contributed by atoms with Crippen LogP contribution in [0.5, 0.6) is 0 Å². The first kappa shape index (κ1) is 17.4. The Bertz CT molecular complexity index is 721. The van der Waals surface area contributed by atoms with E-state index in [1.165, 1.54) is 25.7 Å². The topological polar surface area (TPSA) is 93.2 Å². The minimum atomic E-state index is 0.483. The minimum absolute atomic E-state index is 0.483. The fourth-order valence-electron chi connectivity index (χ4n) is 3.07. The molecule has 0 amide bonds. The molecule has 1 aliphatic carbocycles. The zero-order valence-corrected chi connectivity index (χ0v) is 15.5. The zero-order valence-electron chi connectivity index (χ0n) is 15.5. The highest BCUT2D eigenvalue weighted by Crippen LogP contribution is 2.18. The molecule has 0 bridgehead atoms. The zero-order chi connectivity index (χ0) is 17.8. The number of aromatic nitrogens is 4. The molecule has 0 unspecified atom stereocenters. The van der Waals surface area contributed by atoms with Gasteiger partial charge in [-0.3, -0.25) is 0 Å². The van der Waals surface area contributed by atoms with Crippen LogP contribution in [0.3, 0.4) is 0 Å². The maximum absolute atomic E-state index is 5.23. The van der Waals surface area contributed by atoms with Crippen LogP contribution in [0.25, 0.3) is 0 Å². The van der Waals surface area contributed by atoms with Crippen LogP contribution < -0.4 is 10.6 Å². The molecule has 0 aromatic carbocycles. The normalized spacial score (nSPS) is 15.8. The van der Waals surface area contributed by atoms with Gasteiger partial charge >= 0.3 is 0 Å². The van der Waals surface area contributed by atoms with Crippen LogP contribution in [0.1, 0.15) is 54.3 Å². The molecule has 8 nitrogen and oxygen atoms in total. The lowest BCUT2D eigenvalue weighted by molar-refractivity contribution is 0.392. The van der Waals surface area contributed by atoms with Crippen LogP contribution >= 0.6 is 0 Å². The van der Waals surface area contributed by atoms with E-state index in [2.05, 4.69) is 26.0 Å². The Hall–Kier alpha value is -2.38. The predicted octanol–water partition coefficient (Wildman–Crippen LogP) is 1.91. The summed E-state index contributed by atoms with van der Waals surface area (Å²) >= 11 is 0. The third kappa shape index (κ3) is 4.18. The summed E-state index contributed by atoms with van der Waals surface area (Å²) in [4.78, 5) is 4.74. The van der Waals surface area contributed by atoms with Gasteiger partial charge in [-0.1, -0.05) is 18.0 Å². The van der Waals surface area contributed by atoms with Crippen molar-refractivity contribution in [1.29, 1.82) is 0 Å². The second-order valence-corrected chi connectivity index (χ2v) is 6.67. The number of hydrogen-bond donors (Lipinski definition) is 2. The number of hydrogen-bond acceptors (Lipinski definition) is 5. The van der Waals surface area contributed by atoms with Gasteiger partial charge in [-0.15, -0.1) is 10.2 Å². The van der Waals surface area contributed by atoms with E-state index in [1.807, 2.05) is 32.4 Å². The van der Waals surface area contributed by atoms with Crippen molar-refractivity contribution in [2.24, 2.45) is 12.0 Å². The summed E-state index contributed by atoms with van der Waals surface area (Å²) in [5.41, 5.74) is 1.94. The van der Waals surface area contributed by atoms with Crippen molar-refractivity contribution in [2.75, 3.05) is 0 Å². The van der Waals surface area contributed by atoms with Gasteiger partial charge in [0.15, 0.2) is 11.8 Å². The van der Waals surface area contributed by atoms with E-state index in [4.69, 9.17) is 9.52 Å². The summed E-state index contributed by atoms with van der Waals surface area (Å²) in [6.07, 6.45) is 4.93. The second-order valence-electron chi connectivity index (χ2n) is 6.67. The smallest absolute Gasteiger partial charge is 0.192 e. The summed E-state index contributed by atoms with van der Waals surface area (Å²) in [6.45, 7) is 6.93. The molecule has 8 heteroatoms. The van der Waals surface area contributed by atoms with Crippen molar-refractivity contribution in [3.05, 3.63) is 28.7 Å². The monoisotopic (exact) mass is 345 g/mol. The standard InChI is InChI=1S/C17H27N7O/c1-11-15(12(2)25-23-11)9-18-17(20-14-7-5-6-8-14)19-10-16-22-21-13(3)24(16)4/h14H,5-10H2,1-4H3,(H2,18,19,20). The molecule has 2 N–H and O–H groups in total. The van der Waals surface area contributed by atoms with Crippen molar-refractivity contribution in [1.82, 2.24) is 30.6 Å². The van der Waals surface area contributed by atoms with Gasteiger partial charge in [0.2, 0.25) is 0 Å². The van der Waals surface area contributed by atoms with Gasteiger partial charge in [0.25, 0.3) is 0 Å². The summed E-state index contributed by atoms with van der Waals surface area (Å²) in [7, 11) is 1.97. The summed E-state index contributed by atoms with van der Waals surface area (Å²) < 4.78 is 7.21. The molecule has 25 heavy (non-hydrogen) atoms. The van der Waals surface area contributed by atoms with Crippen LogP contribution in [-0.2, 0) is 20.1 Å². The van der Waals surface area contributed by atoms with Crippen molar-refractivity contribution >= 4 is 5.96 Å². The fraction of sp³-hybridized carbons (Fsp3) is 0.647. The van der Waals surface area contributed by atoms with Gasteiger partial charge in [0, 0.05) is 18.7 Å². The molecule has 0 radical (unpaired) electrons. The van der Waals surface area contributed by atoms with Gasteiger partial charge in [-0.05, 0) is 33.6 Å². The Kier molecular flexibility index (Phi) is 5.35. The average Bonchev–Trinajstić information content (AvgIpc) is 3.29. The third-order valence-electron chi connectivity index (χ3n) is 4.87. The molecule has 3 rings (SSSR count). The van der Waals surface area contributed by atoms with Crippen LogP contribution in [0.4, 0.5) is 0 Å². The van der Waals surface area contributed by atoms with Crippen LogP contribution in [0, 0.1) is 20.8 Å². The molecule has 1 saturated carbocycles. The number of aryl methyl sites for hydroxylation is 3. The van der Waals surface area contributed by atoms with Crippen LogP contribution in [0.2, 0.25) is 0 Å². The molecule has 1 aliphatic rings. The Balaban J connectivity index is 1.69. The lowest BCUT2D eigenvalue weighted by Gasteiger charge is -2.17. The maximum Gasteiger partial charge on any atom is 0.192 e. The molecule has 2 aromatic rings. The molecule has 0 saturated heterocycles. The lowest BCUT2D eigenvalue weighted by atomic mass is 10.2. The van der Waals surface area contributed by atoms with E-state index in [0.717, 1.165) is 34.6 Å². The average molecular weight is 345 g/mol. The van der Waals surface area contributed by atoms with E-state index < -0.39 is 0 Å². The molecule has 2 aromatic heterocycles. The Labute approximate surface area is 148 Å². The fourth-order valence-corrected chi connectivity index (χ4v) is 3.07. The Morgan fingerprint density at radius 1 is 1.24 bits per heavy atom. The largest absolute Gasteiger partial charge is 0.361 e. The van der Waals surface area contributed by atoms with Gasteiger partial charge < -0.3 is 19.7 Å². The number of guanidine groups is 1. The maximum atomic E-state index is 5.23. The van der Waals surface area contributed by atoms with Crippen molar-refractivity contribution < 1.29 is 4.52 Å². The number of aliphatic imine (C=N–C) groups is 1. The number of nitrogens with one attached hydrogen (secondary N) is 2. The highest BCUT2D eigenvalue weighted by atomic mass is 16.5. The summed E-state index contributed by atoms with van der Waals surface area (Å²) in [5.74, 6) is 3.41. The van der Waals surface area contributed by atoms with Crippen molar-refractivity contribution in [3.8, 4) is 0 Å². The number of nitrogens with zero attached hydrogens (tertiary/aromatic N) is 5. The summed E-state index contributed by atoms with van der Waals surface area (Å²) in [5, 5.41) is 19.2. The first-order valence-electron chi connectivity index (χ1n) is 8.86. The second kappa shape index (κ2) is 7.67. The third-order valence-corrected chi connectivity index (χ3v) is 4.87. The Morgan fingerprint density at radius 3 is 2.60 bits per heavy atom. The lowest BCUT2D eigenvalue weighted by Crippen LogP contribution is -2.42. The molecule has 1 fully saturated rings. The predicted molar refractivity (Wildman–Crippen MR) is 95.1 cm³/mol. The molecule has 0 aliphatic heterocycles. The van der Waals surface area contributed by atoms with Crippen molar-refractivity contribution in [2.45, 2.75) is 65.6 Å². The van der Waals surface area contributed by atoms with Gasteiger partial charge in [0.1, 0.15) is 11.6 Å². The first-order valence-corrected chi connectivity index (χ1v) is 8.86. The van der Waals surface area contributed by atoms with E-state index in [9.17, 15) is 0 Å². The number of rotatable bonds is 5. The van der Waals surface area contributed by atoms with Gasteiger partial charge in [-0.25, -0.2) is 4.99 Å². The van der Waals surface area contributed by atoms with Gasteiger partial charge in [-0.2, -0.15) is 0 Å². The Morgan fingerprint density at radius 2 is 2.00 bits per heavy atom. The van der Waals surface area contributed by atoms with Crippen LogP contribution in [0.15, 0.2) is 9.52 Å². The van der Waals surface area contributed by atoms with Gasteiger partial charge in [0.05, 0.1) is 18.8 Å². The van der Waals surface area contributed by atoms with Crippen LogP contribution in [-0.4, -0.2) is 31.9 Å². The SMILES string of the molecule is Cc1noc(C)c1CN=C(NCc1nnc(C)n1C)NC1CCCC1. The van der Waals surface area contributed by atoms with E-state index in [1.54, 1.807) is 0 Å². The van der Waals surface area contributed by atoms with E-state index in [-0.39, 0.29) is 0 Å². The molecule has 136 valence electrons. The quantitative estimate of drug-likeness (QED) is 0.635. The van der Waals surface area contributed by atoms with Crippen molar-refractivity contribution in [3.63, 3.8) is 0 Å².